The Morgan fingerprint density at radius 3 is 2.57 bits per heavy atom. The SMILES string of the molecule is COCC(=O)N1CCN(Cc2ccc(OCCCN3CCCCCC3=O)c(OC)c2)CC(O)(COc2ccccc2)C1. The van der Waals surface area contributed by atoms with Crippen LogP contribution in [0.25, 0.3) is 0 Å². The van der Waals surface area contributed by atoms with Crippen molar-refractivity contribution in [2.24, 2.45) is 0 Å². The maximum atomic E-state index is 12.7. The van der Waals surface area contributed by atoms with E-state index in [0.29, 0.717) is 63.0 Å². The molecule has 0 saturated carbocycles. The Labute approximate surface area is 249 Å². The molecule has 1 unspecified atom stereocenters. The fourth-order valence-electron chi connectivity index (χ4n) is 5.53. The molecular formula is C32H45N3O7. The van der Waals surface area contributed by atoms with Gasteiger partial charge in [0.05, 0.1) is 20.3 Å². The van der Waals surface area contributed by atoms with Gasteiger partial charge in [0.2, 0.25) is 11.8 Å². The van der Waals surface area contributed by atoms with E-state index >= 15 is 0 Å². The summed E-state index contributed by atoms with van der Waals surface area (Å²) in [6.07, 6.45) is 4.57. The monoisotopic (exact) mass is 583 g/mol. The lowest BCUT2D eigenvalue weighted by atomic mass is 10.0. The number of β-amino-alcohol motifs (C(OH)–C–C–N with tert-alkyl or cyclic N) is 1. The molecule has 0 radical (unpaired) electrons. The van der Waals surface area contributed by atoms with Gasteiger partial charge >= 0.3 is 0 Å². The number of nitrogens with zero attached hydrogens (tertiary/aromatic N) is 3. The van der Waals surface area contributed by atoms with E-state index in [1.54, 1.807) is 12.0 Å². The van der Waals surface area contributed by atoms with Crippen LogP contribution in [0.4, 0.5) is 0 Å². The molecule has 42 heavy (non-hydrogen) atoms. The summed E-state index contributed by atoms with van der Waals surface area (Å²) in [5, 5.41) is 11.7. The van der Waals surface area contributed by atoms with Crippen molar-refractivity contribution in [1.29, 1.82) is 0 Å². The third kappa shape index (κ3) is 9.34. The molecule has 10 nitrogen and oxygen atoms in total. The zero-order valence-electron chi connectivity index (χ0n) is 25.0. The van der Waals surface area contributed by atoms with Crippen LogP contribution in [0, 0.1) is 0 Å². The first-order chi connectivity index (χ1) is 20.4. The molecule has 1 atom stereocenters. The number of methoxy groups -OCH3 is 2. The van der Waals surface area contributed by atoms with E-state index in [0.717, 1.165) is 37.8 Å². The second-order valence-electron chi connectivity index (χ2n) is 11.2. The molecular weight excluding hydrogens is 538 g/mol. The van der Waals surface area contributed by atoms with Crippen molar-refractivity contribution in [2.45, 2.75) is 44.2 Å². The number of amides is 2. The summed E-state index contributed by atoms with van der Waals surface area (Å²) in [5.74, 6) is 2.03. The van der Waals surface area contributed by atoms with Crippen LogP contribution in [0.2, 0.25) is 0 Å². The number of carbonyl (C=O) groups is 2. The molecule has 2 saturated heterocycles. The molecule has 2 aliphatic heterocycles. The lowest BCUT2D eigenvalue weighted by Crippen LogP contribution is -2.52. The van der Waals surface area contributed by atoms with E-state index in [-0.39, 0.29) is 31.6 Å². The third-order valence-corrected chi connectivity index (χ3v) is 7.70. The van der Waals surface area contributed by atoms with Crippen molar-refractivity contribution in [3.63, 3.8) is 0 Å². The predicted molar refractivity (Wildman–Crippen MR) is 159 cm³/mol. The summed E-state index contributed by atoms with van der Waals surface area (Å²) in [5.41, 5.74) is -0.283. The molecule has 0 bridgehead atoms. The Bertz CT molecular complexity index is 1150. The van der Waals surface area contributed by atoms with Crippen LogP contribution < -0.4 is 14.2 Å². The minimum absolute atomic E-state index is 0.0391. The molecule has 2 aromatic rings. The highest BCUT2D eigenvalue weighted by Gasteiger charge is 2.37. The van der Waals surface area contributed by atoms with Crippen molar-refractivity contribution < 1.29 is 33.6 Å². The summed E-state index contributed by atoms with van der Waals surface area (Å²) in [6, 6.07) is 15.2. The average Bonchev–Trinajstić information content (AvgIpc) is 3.30. The molecule has 0 spiro atoms. The van der Waals surface area contributed by atoms with Crippen LogP contribution in [-0.4, -0.2) is 111 Å². The second kappa shape index (κ2) is 15.8. The Kier molecular flexibility index (Phi) is 11.9. The highest BCUT2D eigenvalue weighted by Crippen LogP contribution is 2.29. The van der Waals surface area contributed by atoms with Crippen molar-refractivity contribution >= 4 is 11.8 Å². The maximum Gasteiger partial charge on any atom is 0.248 e. The zero-order valence-corrected chi connectivity index (χ0v) is 25.0. The van der Waals surface area contributed by atoms with Gasteiger partial charge in [-0.25, -0.2) is 0 Å². The number of likely N-dealkylation sites (tertiary alicyclic amines) is 1. The highest BCUT2D eigenvalue weighted by atomic mass is 16.5. The molecule has 0 aromatic heterocycles. The first-order valence-electron chi connectivity index (χ1n) is 14.9. The minimum Gasteiger partial charge on any atom is -0.493 e. The van der Waals surface area contributed by atoms with Crippen molar-refractivity contribution in [3.8, 4) is 17.2 Å². The topological polar surface area (TPSA) is 101 Å². The van der Waals surface area contributed by atoms with E-state index in [1.165, 1.54) is 7.11 Å². The number of hydrogen-bond donors (Lipinski definition) is 1. The molecule has 2 amide bonds. The number of para-hydroxylation sites is 1. The molecule has 0 aliphatic carbocycles. The Balaban J connectivity index is 1.37. The van der Waals surface area contributed by atoms with Crippen LogP contribution >= 0.6 is 0 Å². The first-order valence-corrected chi connectivity index (χ1v) is 14.9. The number of ether oxygens (including phenoxy) is 4. The van der Waals surface area contributed by atoms with Gasteiger partial charge in [-0.05, 0) is 49.1 Å². The Hall–Kier alpha value is -3.34. The van der Waals surface area contributed by atoms with Crippen molar-refractivity contribution in [3.05, 3.63) is 54.1 Å². The molecule has 2 fully saturated rings. The van der Waals surface area contributed by atoms with E-state index in [4.69, 9.17) is 18.9 Å². The van der Waals surface area contributed by atoms with Gasteiger partial charge in [-0.1, -0.05) is 30.7 Å². The van der Waals surface area contributed by atoms with E-state index in [9.17, 15) is 14.7 Å². The van der Waals surface area contributed by atoms with E-state index < -0.39 is 5.60 Å². The van der Waals surface area contributed by atoms with Gasteiger partial charge < -0.3 is 33.9 Å². The zero-order chi connectivity index (χ0) is 29.8. The standard InChI is InChI=1S/C32H45N3O7/c1-39-22-31(37)35-18-17-33(23-32(38,24-35)25-42-27-10-5-3-6-11-27)21-26-13-14-28(29(20-26)40-2)41-19-9-16-34-15-8-4-7-12-30(34)36/h3,5-6,10-11,13-14,20,38H,4,7-9,12,15-19,21-25H2,1-2H3. The minimum atomic E-state index is -1.28. The van der Waals surface area contributed by atoms with Crippen molar-refractivity contribution in [1.82, 2.24) is 14.7 Å². The van der Waals surface area contributed by atoms with E-state index in [1.807, 2.05) is 53.4 Å². The molecule has 4 rings (SSSR count). The van der Waals surface area contributed by atoms with Gasteiger partial charge in [-0.3, -0.25) is 14.5 Å². The summed E-state index contributed by atoms with van der Waals surface area (Å²) >= 11 is 0. The molecule has 10 heteroatoms. The van der Waals surface area contributed by atoms with Gasteiger partial charge in [0, 0.05) is 52.8 Å². The summed E-state index contributed by atoms with van der Waals surface area (Å²) in [6.45, 7) is 4.11. The lowest BCUT2D eigenvalue weighted by molar-refractivity contribution is -0.138. The largest absolute Gasteiger partial charge is 0.493 e. The van der Waals surface area contributed by atoms with Crippen LogP contribution in [-0.2, 0) is 20.9 Å². The number of rotatable bonds is 13. The predicted octanol–water partition coefficient (Wildman–Crippen LogP) is 2.97. The highest BCUT2D eigenvalue weighted by molar-refractivity contribution is 5.77. The summed E-state index contributed by atoms with van der Waals surface area (Å²) < 4.78 is 22.7. The van der Waals surface area contributed by atoms with Gasteiger partial charge in [0.1, 0.15) is 24.6 Å². The number of aliphatic hydroxyl groups is 1. The van der Waals surface area contributed by atoms with Gasteiger partial charge in [0.15, 0.2) is 11.5 Å². The molecule has 2 aromatic carbocycles. The third-order valence-electron chi connectivity index (χ3n) is 7.70. The summed E-state index contributed by atoms with van der Waals surface area (Å²) in [7, 11) is 3.11. The van der Waals surface area contributed by atoms with Gasteiger partial charge in [0.25, 0.3) is 0 Å². The fourth-order valence-corrected chi connectivity index (χ4v) is 5.53. The number of benzene rings is 2. The molecule has 1 N–H and O–H groups in total. The fraction of sp³-hybridized carbons (Fsp3) is 0.562. The molecule has 2 aliphatic rings. The van der Waals surface area contributed by atoms with Crippen LogP contribution in [0.15, 0.2) is 48.5 Å². The average molecular weight is 584 g/mol. The smallest absolute Gasteiger partial charge is 0.248 e. The molecule has 2 heterocycles. The first kappa shape index (κ1) is 31.6. The van der Waals surface area contributed by atoms with Crippen LogP contribution in [0.3, 0.4) is 0 Å². The van der Waals surface area contributed by atoms with Gasteiger partial charge in [-0.15, -0.1) is 0 Å². The quantitative estimate of drug-likeness (QED) is 0.360. The second-order valence-corrected chi connectivity index (χ2v) is 11.2. The normalized spacial score (nSPS) is 20.1. The summed E-state index contributed by atoms with van der Waals surface area (Å²) in [4.78, 5) is 30.7. The lowest BCUT2D eigenvalue weighted by Gasteiger charge is -2.33. The maximum absolute atomic E-state index is 12.7. The number of hydrogen-bond acceptors (Lipinski definition) is 8. The van der Waals surface area contributed by atoms with Crippen LogP contribution in [0.1, 0.15) is 37.7 Å². The Morgan fingerprint density at radius 1 is 0.952 bits per heavy atom. The van der Waals surface area contributed by atoms with Crippen molar-refractivity contribution in [2.75, 3.05) is 73.3 Å². The van der Waals surface area contributed by atoms with E-state index in [2.05, 4.69) is 4.90 Å². The van der Waals surface area contributed by atoms with Gasteiger partial charge in [-0.2, -0.15) is 0 Å². The Morgan fingerprint density at radius 2 is 1.79 bits per heavy atom. The molecule has 230 valence electrons. The van der Waals surface area contributed by atoms with Crippen LogP contribution in [0.5, 0.6) is 17.2 Å². The number of carbonyl (C=O) groups excluding carboxylic acids is 2.